The molecular formula is C33H46N6O8. The van der Waals surface area contributed by atoms with Crippen molar-refractivity contribution < 1.29 is 39.0 Å². The number of rotatable bonds is 17. The lowest BCUT2D eigenvalue weighted by Gasteiger charge is -2.28. The van der Waals surface area contributed by atoms with E-state index in [2.05, 4.69) is 26.6 Å². The van der Waals surface area contributed by atoms with E-state index >= 15 is 0 Å². The Morgan fingerprint density at radius 3 is 1.62 bits per heavy atom. The minimum Gasteiger partial charge on any atom is -0.508 e. The number of aldehydes is 1. The summed E-state index contributed by atoms with van der Waals surface area (Å²) >= 11 is 0. The van der Waals surface area contributed by atoms with Crippen LogP contribution >= 0.6 is 0 Å². The topological polar surface area (TPSA) is 229 Å². The van der Waals surface area contributed by atoms with Gasteiger partial charge in [-0.15, -0.1) is 0 Å². The van der Waals surface area contributed by atoms with Crippen LogP contribution in [-0.2, 0) is 41.6 Å². The fourth-order valence-electron chi connectivity index (χ4n) is 4.50. The van der Waals surface area contributed by atoms with Gasteiger partial charge < -0.3 is 47.3 Å². The van der Waals surface area contributed by atoms with Gasteiger partial charge in [-0.05, 0) is 49.9 Å². The summed E-state index contributed by atoms with van der Waals surface area (Å²) in [7, 11) is 0. The largest absolute Gasteiger partial charge is 0.508 e. The van der Waals surface area contributed by atoms with E-state index in [-0.39, 0.29) is 18.6 Å². The van der Waals surface area contributed by atoms with E-state index in [9.17, 15) is 39.0 Å². The molecule has 0 aromatic heterocycles. The van der Waals surface area contributed by atoms with Crippen molar-refractivity contribution in [2.24, 2.45) is 11.7 Å². The van der Waals surface area contributed by atoms with Gasteiger partial charge in [-0.25, -0.2) is 0 Å². The summed E-state index contributed by atoms with van der Waals surface area (Å²) in [5.74, 6) is -4.00. The molecule has 0 spiro atoms. The summed E-state index contributed by atoms with van der Waals surface area (Å²) < 4.78 is 0. The molecule has 0 unspecified atom stereocenters. The molecule has 0 heterocycles. The third kappa shape index (κ3) is 12.5. The molecule has 0 aliphatic heterocycles. The highest BCUT2D eigenvalue weighted by Gasteiger charge is 2.34. The fraction of sp³-hybridized carbons (Fsp3) is 0.455. The average Bonchev–Trinajstić information content (AvgIpc) is 3.02. The quantitative estimate of drug-likeness (QED) is 0.0998. The Balaban J connectivity index is 2.42. The minimum absolute atomic E-state index is 0.00551. The van der Waals surface area contributed by atoms with Crippen LogP contribution in [0.1, 0.15) is 45.7 Å². The molecular weight excluding hydrogens is 608 g/mol. The van der Waals surface area contributed by atoms with Crippen molar-refractivity contribution in [2.45, 2.75) is 89.8 Å². The van der Waals surface area contributed by atoms with Gasteiger partial charge in [-0.3, -0.25) is 24.0 Å². The second-order valence-corrected chi connectivity index (χ2v) is 11.9. The first-order chi connectivity index (χ1) is 22.1. The third-order valence-electron chi connectivity index (χ3n) is 7.22. The number of carbonyl (C=O) groups excluding carboxylic acids is 6. The molecule has 2 rings (SSSR count). The van der Waals surface area contributed by atoms with E-state index in [4.69, 9.17) is 5.73 Å². The van der Waals surface area contributed by atoms with Gasteiger partial charge in [0.2, 0.25) is 29.5 Å². The Bertz CT molecular complexity index is 1370. The Hall–Kier alpha value is -4.82. The molecule has 256 valence electrons. The second kappa shape index (κ2) is 18.4. The molecule has 0 saturated heterocycles. The van der Waals surface area contributed by atoms with Gasteiger partial charge in [-0.1, -0.05) is 56.3 Å². The minimum atomic E-state index is -1.44. The highest BCUT2D eigenvalue weighted by molar-refractivity contribution is 5.96. The summed E-state index contributed by atoms with van der Waals surface area (Å²) in [6.45, 7) is 7.61. The molecule has 47 heavy (non-hydrogen) atoms. The average molecular weight is 655 g/mol. The van der Waals surface area contributed by atoms with Gasteiger partial charge in [0, 0.05) is 12.8 Å². The molecule has 14 heteroatoms. The SMILES string of the molecule is CC(C)[C@H](NC(=O)[C@H](Cc1ccc(O)cc1)NC(=O)[C@H](Cc1ccccc1)NC(=O)[C@@H](NC(=O)[C@H](C)N)[C@@H](C)O)C(=O)N[C@@H](C)C=O. The van der Waals surface area contributed by atoms with Gasteiger partial charge in [0.15, 0.2) is 0 Å². The van der Waals surface area contributed by atoms with Crippen LogP contribution in [0.2, 0.25) is 0 Å². The molecule has 2 aromatic rings. The van der Waals surface area contributed by atoms with Crippen LogP contribution in [0.3, 0.4) is 0 Å². The van der Waals surface area contributed by atoms with Crippen molar-refractivity contribution in [3.05, 3.63) is 65.7 Å². The number of hydrogen-bond acceptors (Lipinski definition) is 9. The van der Waals surface area contributed by atoms with Crippen LogP contribution in [0.4, 0.5) is 0 Å². The summed E-state index contributed by atoms with van der Waals surface area (Å²) in [4.78, 5) is 77.1. The molecule has 7 atom stereocenters. The molecule has 0 radical (unpaired) electrons. The zero-order chi connectivity index (χ0) is 35.3. The number of aliphatic hydroxyl groups excluding tert-OH is 1. The van der Waals surface area contributed by atoms with Gasteiger partial charge in [0.05, 0.1) is 18.2 Å². The molecule has 0 saturated carbocycles. The van der Waals surface area contributed by atoms with E-state index in [0.29, 0.717) is 17.4 Å². The van der Waals surface area contributed by atoms with Crippen LogP contribution in [0, 0.1) is 5.92 Å². The number of benzene rings is 2. The lowest BCUT2D eigenvalue weighted by molar-refractivity contribution is -0.136. The number of nitrogens with two attached hydrogens (primary N) is 1. The molecule has 0 aliphatic rings. The summed E-state index contributed by atoms with van der Waals surface area (Å²) in [6, 6.07) is 7.94. The standard InChI is InChI=1S/C33H46N6O8/c1-18(2)27(32(46)35-19(3)17-40)38-31(45)26(16-23-11-13-24(42)14-12-23)36-30(44)25(15-22-9-7-6-8-10-22)37-33(47)28(21(5)41)39-29(43)20(4)34/h6-14,17-21,25-28,41-42H,15-16,34H2,1-5H3,(H,35,46)(H,36,44)(H,37,47)(H,38,45)(H,39,43)/t19-,20-,21+,25-,26-,27-,28-/m0/s1. The number of amides is 5. The molecule has 0 fully saturated rings. The summed E-state index contributed by atoms with van der Waals surface area (Å²) in [5, 5.41) is 32.8. The number of nitrogens with one attached hydrogen (secondary N) is 5. The molecule has 14 nitrogen and oxygen atoms in total. The van der Waals surface area contributed by atoms with Crippen molar-refractivity contribution in [1.82, 2.24) is 26.6 Å². The highest BCUT2D eigenvalue weighted by Crippen LogP contribution is 2.13. The molecule has 0 aliphatic carbocycles. The van der Waals surface area contributed by atoms with Crippen LogP contribution < -0.4 is 32.3 Å². The van der Waals surface area contributed by atoms with Crippen LogP contribution in [0.25, 0.3) is 0 Å². The maximum atomic E-state index is 13.9. The van der Waals surface area contributed by atoms with Crippen molar-refractivity contribution >= 4 is 35.8 Å². The van der Waals surface area contributed by atoms with Crippen LogP contribution in [-0.4, -0.2) is 88.4 Å². The van der Waals surface area contributed by atoms with E-state index < -0.39 is 77.8 Å². The zero-order valence-corrected chi connectivity index (χ0v) is 27.2. The number of carbonyl (C=O) groups is 6. The highest BCUT2D eigenvalue weighted by atomic mass is 16.3. The predicted molar refractivity (Wildman–Crippen MR) is 174 cm³/mol. The van der Waals surface area contributed by atoms with E-state index in [1.807, 2.05) is 0 Å². The predicted octanol–water partition coefficient (Wildman–Crippen LogP) is -0.796. The number of phenolic OH excluding ortho intramolecular Hbond substituents is 1. The normalized spacial score (nSPS) is 15.5. The lowest BCUT2D eigenvalue weighted by atomic mass is 9.99. The van der Waals surface area contributed by atoms with E-state index in [1.165, 1.54) is 32.9 Å². The Morgan fingerprint density at radius 1 is 0.660 bits per heavy atom. The molecule has 2 aromatic carbocycles. The van der Waals surface area contributed by atoms with Crippen molar-refractivity contribution in [1.29, 1.82) is 0 Å². The number of hydrogen-bond donors (Lipinski definition) is 8. The Kier molecular flexibility index (Phi) is 15.0. The smallest absolute Gasteiger partial charge is 0.245 e. The van der Waals surface area contributed by atoms with Crippen molar-refractivity contribution in [3.8, 4) is 5.75 Å². The molecule has 0 bridgehead atoms. The monoisotopic (exact) mass is 654 g/mol. The summed E-state index contributed by atoms with van der Waals surface area (Å²) in [5.41, 5.74) is 6.85. The van der Waals surface area contributed by atoms with Crippen LogP contribution in [0.15, 0.2) is 54.6 Å². The maximum Gasteiger partial charge on any atom is 0.245 e. The third-order valence-corrected chi connectivity index (χ3v) is 7.22. The maximum absolute atomic E-state index is 13.9. The first-order valence-corrected chi connectivity index (χ1v) is 15.4. The number of aromatic hydroxyl groups is 1. The van der Waals surface area contributed by atoms with Crippen molar-refractivity contribution in [3.63, 3.8) is 0 Å². The van der Waals surface area contributed by atoms with Crippen molar-refractivity contribution in [2.75, 3.05) is 0 Å². The first kappa shape index (κ1) is 38.4. The van der Waals surface area contributed by atoms with E-state index in [0.717, 1.165) is 0 Å². The van der Waals surface area contributed by atoms with Gasteiger partial charge >= 0.3 is 0 Å². The summed E-state index contributed by atoms with van der Waals surface area (Å²) in [6.07, 6.45) is -0.856. The van der Waals surface area contributed by atoms with Gasteiger partial charge in [-0.2, -0.15) is 0 Å². The Morgan fingerprint density at radius 2 is 1.13 bits per heavy atom. The zero-order valence-electron chi connectivity index (χ0n) is 27.2. The second-order valence-electron chi connectivity index (χ2n) is 11.9. The van der Waals surface area contributed by atoms with Crippen LogP contribution in [0.5, 0.6) is 5.75 Å². The van der Waals surface area contributed by atoms with Gasteiger partial charge in [0.1, 0.15) is 36.2 Å². The fourth-order valence-corrected chi connectivity index (χ4v) is 4.50. The lowest BCUT2D eigenvalue weighted by Crippen LogP contribution is -2.61. The van der Waals surface area contributed by atoms with E-state index in [1.54, 1.807) is 56.3 Å². The number of phenols is 1. The number of aliphatic hydroxyl groups is 1. The molecule has 9 N–H and O–H groups in total. The molecule has 5 amide bonds. The Labute approximate surface area is 274 Å². The first-order valence-electron chi connectivity index (χ1n) is 15.4. The van der Waals surface area contributed by atoms with Gasteiger partial charge in [0.25, 0.3) is 0 Å².